The molecule has 8 nitrogen and oxygen atoms in total. The summed E-state index contributed by atoms with van der Waals surface area (Å²) in [7, 11) is 0. The number of carboxylic acid groups (broad SMARTS) is 1. The standard InChI is InChI=1S/C27H33N3O5/c28-15-7-14-23(26(32)33)29-25(31)24(17-8-1-2-9-17)30-27(34)35-16-22-20-12-5-3-10-18(20)19-11-4-6-13-21(19)22/h3-6,10-13,17,22-24H,1-2,7-9,14-16,28H2,(H,29,31)(H,30,34)(H,32,33)/t23-,24-/m0/s1. The maximum atomic E-state index is 13.1. The Bertz CT molecular complexity index is 1020. The van der Waals surface area contributed by atoms with Gasteiger partial charge < -0.3 is 26.2 Å². The quantitative estimate of drug-likeness (QED) is 0.413. The van der Waals surface area contributed by atoms with Crippen molar-refractivity contribution in [1.29, 1.82) is 0 Å². The molecule has 5 N–H and O–H groups in total. The largest absolute Gasteiger partial charge is 0.480 e. The van der Waals surface area contributed by atoms with Gasteiger partial charge in [-0.05, 0) is 60.4 Å². The molecule has 8 heteroatoms. The van der Waals surface area contributed by atoms with Crippen LogP contribution in [0, 0.1) is 5.92 Å². The number of carbonyl (C=O) groups excluding carboxylic acids is 2. The number of hydrogen-bond donors (Lipinski definition) is 4. The van der Waals surface area contributed by atoms with Gasteiger partial charge in [0.1, 0.15) is 18.7 Å². The van der Waals surface area contributed by atoms with E-state index in [1.165, 1.54) is 0 Å². The Kier molecular flexibility index (Phi) is 8.02. The Balaban J connectivity index is 1.42. The molecule has 2 aromatic carbocycles. The molecule has 0 unspecified atom stereocenters. The molecule has 0 heterocycles. The smallest absolute Gasteiger partial charge is 0.407 e. The number of aliphatic carboxylic acids is 1. The molecule has 2 amide bonds. The minimum Gasteiger partial charge on any atom is -0.480 e. The van der Waals surface area contributed by atoms with Crippen molar-refractivity contribution in [3.05, 3.63) is 59.7 Å². The third-order valence-electron chi connectivity index (χ3n) is 7.08. The molecule has 0 saturated heterocycles. The van der Waals surface area contributed by atoms with E-state index in [-0.39, 0.29) is 24.9 Å². The number of hydrogen-bond acceptors (Lipinski definition) is 5. The molecule has 4 rings (SSSR count). The van der Waals surface area contributed by atoms with E-state index in [2.05, 4.69) is 22.8 Å². The van der Waals surface area contributed by atoms with Crippen LogP contribution in [-0.2, 0) is 14.3 Å². The van der Waals surface area contributed by atoms with Crippen molar-refractivity contribution in [3.63, 3.8) is 0 Å². The highest BCUT2D eigenvalue weighted by Gasteiger charge is 2.35. The molecule has 1 fully saturated rings. The van der Waals surface area contributed by atoms with Crippen LogP contribution in [-0.4, -0.2) is 48.3 Å². The fourth-order valence-corrected chi connectivity index (χ4v) is 5.30. The van der Waals surface area contributed by atoms with Crippen LogP contribution in [0.15, 0.2) is 48.5 Å². The fourth-order valence-electron chi connectivity index (χ4n) is 5.30. The number of nitrogens with one attached hydrogen (secondary N) is 2. The summed E-state index contributed by atoms with van der Waals surface area (Å²) in [6.07, 6.45) is 3.57. The van der Waals surface area contributed by atoms with E-state index >= 15 is 0 Å². The van der Waals surface area contributed by atoms with Gasteiger partial charge in [-0.25, -0.2) is 9.59 Å². The van der Waals surface area contributed by atoms with Crippen LogP contribution in [0.25, 0.3) is 11.1 Å². The molecule has 2 atom stereocenters. The maximum absolute atomic E-state index is 13.1. The molecule has 0 aromatic heterocycles. The highest BCUT2D eigenvalue weighted by atomic mass is 16.5. The second-order valence-corrected chi connectivity index (χ2v) is 9.32. The van der Waals surface area contributed by atoms with E-state index in [4.69, 9.17) is 10.5 Å². The lowest BCUT2D eigenvalue weighted by Gasteiger charge is -2.26. The predicted octanol–water partition coefficient (Wildman–Crippen LogP) is 3.39. The van der Waals surface area contributed by atoms with Gasteiger partial charge in [-0.15, -0.1) is 0 Å². The number of amides is 2. The van der Waals surface area contributed by atoms with Crippen molar-refractivity contribution in [2.75, 3.05) is 13.2 Å². The van der Waals surface area contributed by atoms with Crippen molar-refractivity contribution < 1.29 is 24.2 Å². The summed E-state index contributed by atoms with van der Waals surface area (Å²) in [6, 6.07) is 14.3. The monoisotopic (exact) mass is 479 g/mol. The van der Waals surface area contributed by atoms with Crippen LogP contribution in [0.1, 0.15) is 55.6 Å². The SMILES string of the molecule is NCCC[C@H](NC(=O)[C@@H](NC(=O)OCC1c2ccccc2-c2ccccc21)C1CCCC1)C(=O)O. The van der Waals surface area contributed by atoms with E-state index in [1.807, 2.05) is 36.4 Å². The Labute approximate surface area is 205 Å². The maximum Gasteiger partial charge on any atom is 0.407 e. The Hall–Kier alpha value is -3.39. The molecule has 0 bridgehead atoms. The normalized spacial score (nSPS) is 16.7. The van der Waals surface area contributed by atoms with Crippen LogP contribution < -0.4 is 16.4 Å². The number of fused-ring (bicyclic) bond motifs is 3. The summed E-state index contributed by atoms with van der Waals surface area (Å²) < 4.78 is 5.63. The summed E-state index contributed by atoms with van der Waals surface area (Å²) >= 11 is 0. The first-order valence-corrected chi connectivity index (χ1v) is 12.3. The summed E-state index contributed by atoms with van der Waals surface area (Å²) in [5.74, 6) is -1.74. The minimum absolute atomic E-state index is 0.0561. The topological polar surface area (TPSA) is 131 Å². The number of rotatable bonds is 10. The van der Waals surface area contributed by atoms with Gasteiger partial charge in [-0.1, -0.05) is 61.4 Å². The second-order valence-electron chi connectivity index (χ2n) is 9.32. The third kappa shape index (κ3) is 5.65. The number of ether oxygens (including phenoxy) is 1. The molecule has 1 saturated carbocycles. The van der Waals surface area contributed by atoms with Gasteiger partial charge >= 0.3 is 12.1 Å². The average Bonchev–Trinajstić information content (AvgIpc) is 3.50. The summed E-state index contributed by atoms with van der Waals surface area (Å²) in [5, 5.41) is 14.8. The zero-order valence-electron chi connectivity index (χ0n) is 19.7. The van der Waals surface area contributed by atoms with Crippen molar-refractivity contribution >= 4 is 18.0 Å². The first kappa shape index (κ1) is 24.7. The molecule has 2 aliphatic rings. The van der Waals surface area contributed by atoms with E-state index in [9.17, 15) is 19.5 Å². The van der Waals surface area contributed by atoms with Gasteiger partial charge in [0.25, 0.3) is 0 Å². The van der Waals surface area contributed by atoms with Gasteiger partial charge in [0.05, 0.1) is 0 Å². The van der Waals surface area contributed by atoms with Crippen LogP contribution >= 0.6 is 0 Å². The first-order chi connectivity index (χ1) is 17.0. The zero-order valence-corrected chi connectivity index (χ0v) is 19.7. The number of benzene rings is 2. The lowest BCUT2D eigenvalue weighted by atomic mass is 9.96. The van der Waals surface area contributed by atoms with Gasteiger partial charge in [-0.2, -0.15) is 0 Å². The van der Waals surface area contributed by atoms with Crippen molar-refractivity contribution in [2.45, 2.75) is 56.5 Å². The molecule has 0 spiro atoms. The fraction of sp³-hybridized carbons (Fsp3) is 0.444. The van der Waals surface area contributed by atoms with E-state index < -0.39 is 30.1 Å². The van der Waals surface area contributed by atoms with Crippen LogP contribution in [0.4, 0.5) is 4.79 Å². The number of carbonyl (C=O) groups is 3. The highest BCUT2D eigenvalue weighted by Crippen LogP contribution is 2.44. The first-order valence-electron chi connectivity index (χ1n) is 12.3. The van der Waals surface area contributed by atoms with Crippen LogP contribution in [0.5, 0.6) is 0 Å². The van der Waals surface area contributed by atoms with Crippen molar-refractivity contribution in [3.8, 4) is 11.1 Å². The molecule has 35 heavy (non-hydrogen) atoms. The van der Waals surface area contributed by atoms with E-state index in [0.717, 1.165) is 47.9 Å². The van der Waals surface area contributed by atoms with Gasteiger partial charge in [-0.3, -0.25) is 4.79 Å². The molecule has 2 aliphatic carbocycles. The summed E-state index contributed by atoms with van der Waals surface area (Å²) in [4.78, 5) is 37.5. The molecule has 0 aliphatic heterocycles. The lowest BCUT2D eigenvalue weighted by molar-refractivity contribution is -0.142. The predicted molar refractivity (Wildman–Crippen MR) is 132 cm³/mol. The average molecular weight is 480 g/mol. The molecule has 0 radical (unpaired) electrons. The van der Waals surface area contributed by atoms with E-state index in [0.29, 0.717) is 13.0 Å². The molecular weight excluding hydrogens is 446 g/mol. The highest BCUT2D eigenvalue weighted by molar-refractivity contribution is 5.89. The van der Waals surface area contributed by atoms with Crippen LogP contribution in [0.2, 0.25) is 0 Å². The summed E-state index contributed by atoms with van der Waals surface area (Å²) in [6.45, 7) is 0.483. The van der Waals surface area contributed by atoms with Gasteiger partial charge in [0.2, 0.25) is 5.91 Å². The Morgan fingerprint density at radius 3 is 2.14 bits per heavy atom. The summed E-state index contributed by atoms with van der Waals surface area (Å²) in [5.41, 5.74) is 9.99. The molecular formula is C27H33N3O5. The van der Waals surface area contributed by atoms with Gasteiger partial charge in [0.15, 0.2) is 0 Å². The van der Waals surface area contributed by atoms with E-state index in [1.54, 1.807) is 0 Å². The lowest BCUT2D eigenvalue weighted by Crippen LogP contribution is -2.54. The number of nitrogens with two attached hydrogens (primary N) is 1. The molecule has 2 aromatic rings. The second kappa shape index (κ2) is 11.4. The zero-order chi connectivity index (χ0) is 24.8. The molecule has 186 valence electrons. The Morgan fingerprint density at radius 2 is 1.57 bits per heavy atom. The van der Waals surface area contributed by atoms with Gasteiger partial charge in [0, 0.05) is 5.92 Å². The minimum atomic E-state index is -1.11. The third-order valence-corrected chi connectivity index (χ3v) is 7.08. The van der Waals surface area contributed by atoms with Crippen molar-refractivity contribution in [1.82, 2.24) is 10.6 Å². The van der Waals surface area contributed by atoms with Crippen molar-refractivity contribution in [2.24, 2.45) is 11.7 Å². The number of carboxylic acids is 1. The number of alkyl carbamates (subject to hydrolysis) is 1. The Morgan fingerprint density at radius 1 is 0.971 bits per heavy atom. The van der Waals surface area contributed by atoms with Crippen LogP contribution in [0.3, 0.4) is 0 Å².